The molecule has 6 heteroatoms. The van der Waals surface area contributed by atoms with Crippen LogP contribution in [0.15, 0.2) is 18.6 Å². The number of fused-ring (bicyclic) bond motifs is 1. The summed E-state index contributed by atoms with van der Waals surface area (Å²) < 4.78 is 7.77. The number of imidazole rings is 1. The quantitative estimate of drug-likeness (QED) is 0.885. The monoisotopic (exact) mass is 263 g/mol. The molecule has 2 aromatic heterocycles. The zero-order valence-corrected chi connectivity index (χ0v) is 12.1. The summed E-state index contributed by atoms with van der Waals surface area (Å²) in [7, 11) is 5.90. The Bertz CT molecular complexity index is 561. The van der Waals surface area contributed by atoms with Crippen molar-refractivity contribution in [2.24, 2.45) is 0 Å². The molecule has 2 heterocycles. The van der Waals surface area contributed by atoms with E-state index >= 15 is 0 Å². The van der Waals surface area contributed by atoms with Crippen molar-refractivity contribution in [1.29, 1.82) is 0 Å². The molecule has 0 aliphatic heterocycles. The van der Waals surface area contributed by atoms with E-state index in [2.05, 4.69) is 34.0 Å². The van der Waals surface area contributed by atoms with Crippen LogP contribution in [0.25, 0.3) is 5.65 Å². The van der Waals surface area contributed by atoms with Gasteiger partial charge in [-0.05, 0) is 27.9 Å². The zero-order chi connectivity index (χ0) is 14.0. The molecule has 0 saturated carbocycles. The van der Waals surface area contributed by atoms with E-state index < -0.39 is 0 Å². The van der Waals surface area contributed by atoms with E-state index in [-0.39, 0.29) is 5.54 Å². The molecule has 0 aliphatic carbocycles. The number of nitrogens with zero attached hydrogens (tertiary/aromatic N) is 4. The van der Waals surface area contributed by atoms with Crippen LogP contribution in [0.4, 0.5) is 5.82 Å². The Hall–Kier alpha value is -1.82. The van der Waals surface area contributed by atoms with Crippen molar-refractivity contribution in [3.8, 4) is 5.88 Å². The van der Waals surface area contributed by atoms with Gasteiger partial charge >= 0.3 is 0 Å². The van der Waals surface area contributed by atoms with Crippen molar-refractivity contribution in [2.75, 3.05) is 33.1 Å². The number of nitrogens with one attached hydrogen (secondary N) is 1. The van der Waals surface area contributed by atoms with Crippen LogP contribution in [0.3, 0.4) is 0 Å². The lowest BCUT2D eigenvalue weighted by Crippen LogP contribution is -2.43. The molecule has 0 aliphatic rings. The number of aromatic nitrogens is 3. The van der Waals surface area contributed by atoms with Gasteiger partial charge in [-0.25, -0.2) is 4.98 Å². The third-order valence-electron chi connectivity index (χ3n) is 3.37. The topological polar surface area (TPSA) is 54.7 Å². The Balaban J connectivity index is 2.27. The molecule has 0 bridgehead atoms. The first kappa shape index (κ1) is 13.6. The van der Waals surface area contributed by atoms with Gasteiger partial charge in [-0.15, -0.1) is 0 Å². The summed E-state index contributed by atoms with van der Waals surface area (Å²) in [5, 5.41) is 3.02. The molecule has 19 heavy (non-hydrogen) atoms. The molecule has 0 atom stereocenters. The Morgan fingerprint density at radius 1 is 1.42 bits per heavy atom. The van der Waals surface area contributed by atoms with Crippen LogP contribution in [-0.4, -0.2) is 52.6 Å². The summed E-state index contributed by atoms with van der Waals surface area (Å²) in [5.74, 6) is 1.30. The third-order valence-corrected chi connectivity index (χ3v) is 3.37. The number of hydrogen-bond donors (Lipinski definition) is 1. The lowest BCUT2D eigenvalue weighted by atomic mass is 10.1. The zero-order valence-electron chi connectivity index (χ0n) is 12.1. The predicted molar refractivity (Wildman–Crippen MR) is 75.8 cm³/mol. The highest BCUT2D eigenvalue weighted by molar-refractivity contribution is 5.53. The normalized spacial score (nSPS) is 12.1. The second-order valence-electron chi connectivity index (χ2n) is 5.33. The van der Waals surface area contributed by atoms with Crippen LogP contribution < -0.4 is 10.1 Å². The van der Waals surface area contributed by atoms with Crippen LogP contribution in [-0.2, 0) is 0 Å². The maximum absolute atomic E-state index is 5.87. The predicted octanol–water partition coefficient (Wildman–Crippen LogP) is 1.49. The minimum Gasteiger partial charge on any atom is -0.473 e. The molecule has 0 aromatic carbocycles. The Morgan fingerprint density at radius 2 is 2.16 bits per heavy atom. The molecule has 2 aromatic rings. The molecule has 6 nitrogen and oxygen atoms in total. The van der Waals surface area contributed by atoms with E-state index in [1.807, 2.05) is 37.9 Å². The van der Waals surface area contributed by atoms with E-state index in [0.29, 0.717) is 12.5 Å². The first-order valence-electron chi connectivity index (χ1n) is 6.26. The van der Waals surface area contributed by atoms with Crippen LogP contribution in [0.5, 0.6) is 5.88 Å². The average Bonchev–Trinajstić information content (AvgIpc) is 2.83. The minimum atomic E-state index is -0.0685. The van der Waals surface area contributed by atoms with E-state index in [4.69, 9.17) is 4.74 Å². The molecule has 2 rings (SSSR count). The molecule has 0 saturated heterocycles. The fourth-order valence-electron chi connectivity index (χ4n) is 1.49. The van der Waals surface area contributed by atoms with E-state index in [1.54, 1.807) is 6.20 Å². The summed E-state index contributed by atoms with van der Waals surface area (Å²) in [4.78, 5) is 10.8. The second kappa shape index (κ2) is 5.05. The van der Waals surface area contributed by atoms with Gasteiger partial charge in [-0.2, -0.15) is 4.98 Å². The van der Waals surface area contributed by atoms with Gasteiger partial charge in [-0.1, -0.05) is 0 Å². The molecular weight excluding hydrogens is 242 g/mol. The van der Waals surface area contributed by atoms with Crippen molar-refractivity contribution < 1.29 is 4.74 Å². The van der Waals surface area contributed by atoms with Crippen molar-refractivity contribution in [3.63, 3.8) is 0 Å². The highest BCUT2D eigenvalue weighted by Crippen LogP contribution is 2.20. The van der Waals surface area contributed by atoms with Crippen molar-refractivity contribution >= 4 is 11.5 Å². The van der Waals surface area contributed by atoms with Gasteiger partial charge in [-0.3, -0.25) is 4.40 Å². The van der Waals surface area contributed by atoms with E-state index in [9.17, 15) is 0 Å². The first-order valence-corrected chi connectivity index (χ1v) is 6.26. The molecule has 0 spiro atoms. The lowest BCUT2D eigenvalue weighted by Gasteiger charge is -2.31. The Labute approximate surface area is 113 Å². The van der Waals surface area contributed by atoms with Crippen molar-refractivity contribution in [1.82, 2.24) is 19.3 Å². The van der Waals surface area contributed by atoms with Crippen LogP contribution in [0, 0.1) is 0 Å². The van der Waals surface area contributed by atoms with Crippen molar-refractivity contribution in [2.45, 2.75) is 19.4 Å². The van der Waals surface area contributed by atoms with Crippen LogP contribution in [0.1, 0.15) is 13.8 Å². The summed E-state index contributed by atoms with van der Waals surface area (Å²) >= 11 is 0. The fourth-order valence-corrected chi connectivity index (χ4v) is 1.49. The standard InChI is InChI=1S/C13H21N5O/c1-13(2,17(4)5)9-19-12-11-15-6-7-18(11)8-10(14-3)16-12/h6-8,14H,9H2,1-5H3. The highest BCUT2D eigenvalue weighted by Gasteiger charge is 2.22. The van der Waals surface area contributed by atoms with Crippen molar-refractivity contribution in [3.05, 3.63) is 18.6 Å². The molecule has 104 valence electrons. The second-order valence-corrected chi connectivity index (χ2v) is 5.33. The summed E-state index contributed by atoms with van der Waals surface area (Å²) in [6, 6.07) is 0. The maximum Gasteiger partial charge on any atom is 0.260 e. The number of ether oxygens (including phenoxy) is 1. The van der Waals surface area contributed by atoms with Gasteiger partial charge in [0.15, 0.2) is 0 Å². The smallest absolute Gasteiger partial charge is 0.260 e. The van der Waals surface area contributed by atoms with Gasteiger partial charge < -0.3 is 15.0 Å². The number of rotatable bonds is 5. The Morgan fingerprint density at radius 3 is 2.79 bits per heavy atom. The Kier molecular flexibility index (Phi) is 3.61. The number of likely N-dealkylation sites (N-methyl/N-ethyl adjacent to an activating group) is 1. The largest absolute Gasteiger partial charge is 0.473 e. The highest BCUT2D eigenvalue weighted by atomic mass is 16.5. The molecule has 1 N–H and O–H groups in total. The number of anilines is 1. The maximum atomic E-state index is 5.87. The van der Waals surface area contributed by atoms with Gasteiger partial charge in [0, 0.05) is 25.0 Å². The minimum absolute atomic E-state index is 0.0685. The SMILES string of the molecule is CNc1cn2ccnc2c(OCC(C)(C)N(C)C)n1. The summed E-state index contributed by atoms with van der Waals surface area (Å²) in [6.45, 7) is 4.79. The molecule has 0 amide bonds. The molecular formula is C13H21N5O. The molecule has 0 fully saturated rings. The average molecular weight is 263 g/mol. The fraction of sp³-hybridized carbons (Fsp3) is 0.538. The van der Waals surface area contributed by atoms with Gasteiger partial charge in [0.05, 0.1) is 6.20 Å². The van der Waals surface area contributed by atoms with E-state index in [0.717, 1.165) is 11.5 Å². The lowest BCUT2D eigenvalue weighted by molar-refractivity contribution is 0.112. The summed E-state index contributed by atoms with van der Waals surface area (Å²) in [5.41, 5.74) is 0.662. The molecule has 0 unspecified atom stereocenters. The van der Waals surface area contributed by atoms with Crippen LogP contribution in [0.2, 0.25) is 0 Å². The van der Waals surface area contributed by atoms with Gasteiger partial charge in [0.25, 0.3) is 5.88 Å². The van der Waals surface area contributed by atoms with Gasteiger partial charge in [0.1, 0.15) is 12.4 Å². The van der Waals surface area contributed by atoms with Crippen LogP contribution >= 0.6 is 0 Å². The van der Waals surface area contributed by atoms with E-state index in [1.165, 1.54) is 0 Å². The summed E-state index contributed by atoms with van der Waals surface area (Å²) in [6.07, 6.45) is 5.49. The molecule has 0 radical (unpaired) electrons. The first-order chi connectivity index (χ1) is 8.94. The van der Waals surface area contributed by atoms with Gasteiger partial charge in [0.2, 0.25) is 5.65 Å². The number of hydrogen-bond acceptors (Lipinski definition) is 5. The third kappa shape index (κ3) is 2.78.